The molecule has 21 heavy (non-hydrogen) atoms. The maximum absolute atomic E-state index is 11.0. The van der Waals surface area contributed by atoms with Gasteiger partial charge in [0, 0.05) is 29.2 Å². The topological polar surface area (TPSA) is 64.4 Å². The van der Waals surface area contributed by atoms with Crippen LogP contribution in [-0.4, -0.2) is 17.6 Å². The maximum Gasteiger partial charge on any atom is 0.275 e. The monoisotopic (exact) mass is 306 g/mol. The third-order valence-corrected chi connectivity index (χ3v) is 3.69. The van der Waals surface area contributed by atoms with Crippen molar-refractivity contribution in [3.05, 3.63) is 50.7 Å². The third kappa shape index (κ3) is 4.75. The highest BCUT2D eigenvalue weighted by Crippen LogP contribution is 2.26. The van der Waals surface area contributed by atoms with E-state index in [1.807, 2.05) is 25.3 Å². The number of nitrogens with one attached hydrogen (secondary N) is 1. The summed E-state index contributed by atoms with van der Waals surface area (Å²) in [5, 5.41) is 16.2. The minimum absolute atomic E-state index is 0.0222. The van der Waals surface area contributed by atoms with E-state index in [0.717, 1.165) is 13.0 Å². The summed E-state index contributed by atoms with van der Waals surface area (Å²) in [5.41, 5.74) is 0.739. The first kappa shape index (κ1) is 15.3. The van der Waals surface area contributed by atoms with Gasteiger partial charge in [-0.25, -0.2) is 0 Å². The van der Waals surface area contributed by atoms with Gasteiger partial charge in [0.15, 0.2) is 0 Å². The molecular weight excluding hydrogens is 288 g/mol. The Morgan fingerprint density at radius 3 is 2.81 bits per heavy atom. The number of non-ortho nitro benzene ring substituents is 1. The maximum atomic E-state index is 11.0. The van der Waals surface area contributed by atoms with Crippen LogP contribution in [0.25, 0.3) is 0 Å². The predicted octanol–water partition coefficient (Wildman–Crippen LogP) is 4.10. The number of ether oxygens (including phenoxy) is 1. The van der Waals surface area contributed by atoms with E-state index in [1.54, 1.807) is 17.4 Å². The molecule has 0 aliphatic rings. The summed E-state index contributed by atoms with van der Waals surface area (Å²) in [6.45, 7) is 4.51. The number of thiophene rings is 1. The van der Waals surface area contributed by atoms with Crippen LogP contribution in [0.2, 0.25) is 0 Å². The zero-order valence-electron chi connectivity index (χ0n) is 12.0. The molecule has 2 aromatic rings. The molecule has 5 nitrogen and oxygen atoms in total. The second-order valence-electron chi connectivity index (χ2n) is 4.90. The van der Waals surface area contributed by atoms with Crippen LogP contribution in [-0.2, 0) is 6.42 Å². The van der Waals surface area contributed by atoms with E-state index in [-0.39, 0.29) is 11.8 Å². The van der Waals surface area contributed by atoms with Crippen molar-refractivity contribution >= 4 is 22.7 Å². The summed E-state index contributed by atoms with van der Waals surface area (Å²) in [7, 11) is 0. The summed E-state index contributed by atoms with van der Waals surface area (Å²) in [4.78, 5) is 11.9. The van der Waals surface area contributed by atoms with E-state index < -0.39 is 4.92 Å². The van der Waals surface area contributed by atoms with Crippen molar-refractivity contribution in [1.29, 1.82) is 0 Å². The molecule has 1 aromatic heterocycles. The van der Waals surface area contributed by atoms with Crippen molar-refractivity contribution < 1.29 is 9.66 Å². The molecule has 0 aliphatic heterocycles. The van der Waals surface area contributed by atoms with Crippen LogP contribution < -0.4 is 10.1 Å². The fraction of sp³-hybridized carbons (Fsp3) is 0.333. The molecule has 1 heterocycles. The number of anilines is 1. The van der Waals surface area contributed by atoms with E-state index in [4.69, 9.17) is 4.74 Å². The fourth-order valence-corrected chi connectivity index (χ4v) is 2.62. The van der Waals surface area contributed by atoms with Crippen LogP contribution in [0.1, 0.15) is 18.7 Å². The number of nitro groups is 1. The van der Waals surface area contributed by atoms with Crippen molar-refractivity contribution in [2.45, 2.75) is 26.4 Å². The Labute approximate surface area is 127 Å². The SMILES string of the molecule is CC(C)Oc1cc(NCCc2cccs2)cc([N+](=O)[O-])c1. The van der Waals surface area contributed by atoms with Crippen molar-refractivity contribution in [3.63, 3.8) is 0 Å². The zero-order valence-corrected chi connectivity index (χ0v) is 12.9. The van der Waals surface area contributed by atoms with Gasteiger partial charge in [0.1, 0.15) is 5.75 Å². The van der Waals surface area contributed by atoms with Gasteiger partial charge in [-0.2, -0.15) is 0 Å². The molecule has 0 aliphatic carbocycles. The van der Waals surface area contributed by atoms with Gasteiger partial charge in [-0.05, 0) is 31.7 Å². The summed E-state index contributed by atoms with van der Waals surface area (Å²) < 4.78 is 5.56. The van der Waals surface area contributed by atoms with Crippen molar-refractivity contribution in [1.82, 2.24) is 0 Å². The van der Waals surface area contributed by atoms with E-state index in [0.29, 0.717) is 11.4 Å². The van der Waals surface area contributed by atoms with Gasteiger partial charge in [0.25, 0.3) is 5.69 Å². The molecule has 0 radical (unpaired) electrons. The first-order valence-electron chi connectivity index (χ1n) is 6.77. The highest BCUT2D eigenvalue weighted by Gasteiger charge is 2.11. The Kier molecular flexibility index (Phi) is 5.16. The Hall–Kier alpha value is -2.08. The molecule has 2 rings (SSSR count). The fourth-order valence-electron chi connectivity index (χ4n) is 1.92. The van der Waals surface area contributed by atoms with Crippen LogP contribution in [0.5, 0.6) is 5.75 Å². The van der Waals surface area contributed by atoms with E-state index in [1.165, 1.54) is 17.0 Å². The number of nitro benzene ring substituents is 1. The molecule has 0 fully saturated rings. The Bertz CT molecular complexity index is 597. The largest absolute Gasteiger partial charge is 0.491 e. The summed E-state index contributed by atoms with van der Waals surface area (Å²) >= 11 is 1.70. The van der Waals surface area contributed by atoms with Crippen LogP contribution in [0.3, 0.4) is 0 Å². The molecule has 0 saturated heterocycles. The lowest BCUT2D eigenvalue weighted by molar-refractivity contribution is -0.384. The van der Waals surface area contributed by atoms with E-state index in [9.17, 15) is 10.1 Å². The number of nitrogens with zero attached hydrogens (tertiary/aromatic N) is 1. The minimum Gasteiger partial charge on any atom is -0.491 e. The van der Waals surface area contributed by atoms with Gasteiger partial charge in [0.05, 0.1) is 17.1 Å². The first-order valence-corrected chi connectivity index (χ1v) is 7.65. The molecule has 1 N–H and O–H groups in total. The summed E-state index contributed by atoms with van der Waals surface area (Å²) in [6.07, 6.45) is 0.867. The minimum atomic E-state index is -0.405. The molecule has 112 valence electrons. The van der Waals surface area contributed by atoms with Gasteiger partial charge in [-0.3, -0.25) is 10.1 Å². The molecule has 0 spiro atoms. The van der Waals surface area contributed by atoms with Crippen LogP contribution in [0, 0.1) is 10.1 Å². The molecule has 6 heteroatoms. The number of rotatable bonds is 7. The molecule has 0 saturated carbocycles. The smallest absolute Gasteiger partial charge is 0.275 e. The molecule has 1 aromatic carbocycles. The number of benzene rings is 1. The summed E-state index contributed by atoms with van der Waals surface area (Å²) in [5.74, 6) is 0.512. The second kappa shape index (κ2) is 7.08. The van der Waals surface area contributed by atoms with Crippen molar-refractivity contribution in [2.75, 3.05) is 11.9 Å². The zero-order chi connectivity index (χ0) is 15.2. The lowest BCUT2D eigenvalue weighted by Gasteiger charge is -2.12. The van der Waals surface area contributed by atoms with Crippen molar-refractivity contribution in [2.24, 2.45) is 0 Å². The molecule has 0 amide bonds. The van der Waals surface area contributed by atoms with Gasteiger partial charge in [0.2, 0.25) is 0 Å². The lowest BCUT2D eigenvalue weighted by Crippen LogP contribution is -2.08. The highest BCUT2D eigenvalue weighted by atomic mass is 32.1. The average Bonchev–Trinajstić information content (AvgIpc) is 2.90. The molecular formula is C15H18N2O3S. The molecule has 0 bridgehead atoms. The van der Waals surface area contributed by atoms with Gasteiger partial charge in [-0.1, -0.05) is 6.07 Å². The Morgan fingerprint density at radius 2 is 2.19 bits per heavy atom. The lowest BCUT2D eigenvalue weighted by atomic mass is 10.2. The first-order chi connectivity index (χ1) is 10.0. The van der Waals surface area contributed by atoms with Crippen molar-refractivity contribution in [3.8, 4) is 5.75 Å². The predicted molar refractivity (Wildman–Crippen MR) is 85.4 cm³/mol. The average molecular weight is 306 g/mol. The Morgan fingerprint density at radius 1 is 1.38 bits per heavy atom. The van der Waals surface area contributed by atoms with Gasteiger partial charge >= 0.3 is 0 Å². The number of hydrogen-bond donors (Lipinski definition) is 1. The third-order valence-electron chi connectivity index (χ3n) is 2.75. The van der Waals surface area contributed by atoms with Crippen LogP contribution in [0.15, 0.2) is 35.7 Å². The number of hydrogen-bond acceptors (Lipinski definition) is 5. The highest BCUT2D eigenvalue weighted by molar-refractivity contribution is 7.09. The van der Waals surface area contributed by atoms with Crippen LogP contribution >= 0.6 is 11.3 Å². The van der Waals surface area contributed by atoms with E-state index >= 15 is 0 Å². The second-order valence-corrected chi connectivity index (χ2v) is 5.93. The van der Waals surface area contributed by atoms with Crippen LogP contribution in [0.4, 0.5) is 11.4 Å². The standard InChI is InChI=1S/C15H18N2O3S/c1-11(2)20-14-9-12(8-13(10-14)17(18)19)16-6-5-15-4-3-7-21-15/h3-4,7-11,16H,5-6H2,1-2H3. The molecule has 0 unspecified atom stereocenters. The summed E-state index contributed by atoms with van der Waals surface area (Å²) in [6, 6.07) is 8.86. The quantitative estimate of drug-likeness (QED) is 0.618. The molecule has 0 atom stereocenters. The van der Waals surface area contributed by atoms with Gasteiger partial charge in [-0.15, -0.1) is 11.3 Å². The Balaban J connectivity index is 2.06. The normalized spacial score (nSPS) is 10.6. The van der Waals surface area contributed by atoms with E-state index in [2.05, 4.69) is 11.4 Å². The van der Waals surface area contributed by atoms with Gasteiger partial charge < -0.3 is 10.1 Å².